The van der Waals surface area contributed by atoms with Gasteiger partial charge >= 0.3 is 0 Å². The second kappa shape index (κ2) is 9.72. The molecular formula is C23H23FN2O4S. The number of anilines is 1. The second-order valence-electron chi connectivity index (χ2n) is 6.87. The molecule has 0 aliphatic rings. The second-order valence-corrected chi connectivity index (χ2v) is 8.60. The third kappa shape index (κ3) is 5.90. The Morgan fingerprint density at radius 2 is 1.68 bits per heavy atom. The fourth-order valence-corrected chi connectivity index (χ4v) is 3.94. The third-order valence-electron chi connectivity index (χ3n) is 4.49. The molecule has 2 N–H and O–H groups in total. The van der Waals surface area contributed by atoms with Gasteiger partial charge in [0.15, 0.2) is 0 Å². The number of halogens is 1. The smallest absolute Gasteiger partial charge is 0.255 e. The lowest BCUT2D eigenvalue weighted by Gasteiger charge is -2.11. The van der Waals surface area contributed by atoms with Gasteiger partial charge in [-0.25, -0.2) is 17.5 Å². The Bertz CT molecular complexity index is 1160. The number of benzene rings is 3. The number of amides is 1. The van der Waals surface area contributed by atoms with Gasteiger partial charge in [-0.15, -0.1) is 0 Å². The molecule has 0 spiro atoms. The number of carbonyl (C=O) groups is 1. The minimum atomic E-state index is -4.16. The zero-order valence-corrected chi connectivity index (χ0v) is 18.0. The van der Waals surface area contributed by atoms with E-state index >= 15 is 0 Å². The van der Waals surface area contributed by atoms with Crippen molar-refractivity contribution in [3.05, 3.63) is 89.2 Å². The molecule has 0 atom stereocenters. The van der Waals surface area contributed by atoms with Crippen molar-refractivity contribution in [1.29, 1.82) is 0 Å². The predicted octanol–water partition coefficient (Wildman–Crippen LogP) is 4.26. The number of nitrogens with one attached hydrogen (secondary N) is 2. The lowest BCUT2D eigenvalue weighted by atomic mass is 10.2. The van der Waals surface area contributed by atoms with Crippen molar-refractivity contribution < 1.29 is 22.3 Å². The quantitative estimate of drug-likeness (QED) is 0.546. The molecule has 3 rings (SSSR count). The van der Waals surface area contributed by atoms with E-state index in [-0.39, 0.29) is 12.1 Å². The van der Waals surface area contributed by atoms with Gasteiger partial charge in [0.1, 0.15) is 16.5 Å². The van der Waals surface area contributed by atoms with E-state index in [1.54, 1.807) is 36.4 Å². The van der Waals surface area contributed by atoms with Crippen LogP contribution in [0, 0.1) is 12.7 Å². The molecule has 0 unspecified atom stereocenters. The average Bonchev–Trinajstić information content (AvgIpc) is 2.75. The highest BCUT2D eigenvalue weighted by molar-refractivity contribution is 7.89. The fraction of sp³-hybridized carbons (Fsp3) is 0.174. The van der Waals surface area contributed by atoms with Crippen LogP contribution in [0.25, 0.3) is 0 Å². The van der Waals surface area contributed by atoms with E-state index < -0.39 is 26.6 Å². The molecule has 0 saturated heterocycles. The molecule has 0 saturated carbocycles. The molecule has 1 amide bonds. The highest BCUT2D eigenvalue weighted by Gasteiger charge is 2.21. The predicted molar refractivity (Wildman–Crippen MR) is 117 cm³/mol. The summed E-state index contributed by atoms with van der Waals surface area (Å²) in [6.45, 7) is 4.32. The summed E-state index contributed by atoms with van der Waals surface area (Å²) in [5.74, 6) is -0.830. The van der Waals surface area contributed by atoms with Crippen molar-refractivity contribution in [2.75, 3.05) is 11.9 Å². The lowest BCUT2D eigenvalue weighted by Crippen LogP contribution is -2.25. The zero-order chi connectivity index (χ0) is 22.4. The van der Waals surface area contributed by atoms with Gasteiger partial charge in [0.25, 0.3) is 5.91 Å². The van der Waals surface area contributed by atoms with Crippen LogP contribution in [-0.4, -0.2) is 20.9 Å². The van der Waals surface area contributed by atoms with Crippen molar-refractivity contribution in [3.8, 4) is 5.75 Å². The monoisotopic (exact) mass is 442 g/mol. The van der Waals surface area contributed by atoms with Crippen LogP contribution in [-0.2, 0) is 16.6 Å². The average molecular weight is 443 g/mol. The van der Waals surface area contributed by atoms with Gasteiger partial charge in [-0.3, -0.25) is 4.79 Å². The first-order chi connectivity index (χ1) is 14.8. The van der Waals surface area contributed by atoms with E-state index in [9.17, 15) is 17.6 Å². The van der Waals surface area contributed by atoms with Gasteiger partial charge in [0.05, 0.1) is 6.61 Å². The number of sulfonamides is 1. The fourth-order valence-electron chi connectivity index (χ4n) is 2.82. The van der Waals surface area contributed by atoms with Crippen LogP contribution < -0.4 is 14.8 Å². The first kappa shape index (κ1) is 22.5. The summed E-state index contributed by atoms with van der Waals surface area (Å²) in [5, 5.41) is 2.66. The van der Waals surface area contributed by atoms with Crippen molar-refractivity contribution in [2.45, 2.75) is 25.3 Å². The van der Waals surface area contributed by atoms with Crippen LogP contribution in [0.15, 0.2) is 71.6 Å². The summed E-state index contributed by atoms with van der Waals surface area (Å²) >= 11 is 0. The number of hydrogen-bond donors (Lipinski definition) is 2. The molecule has 6 nitrogen and oxygen atoms in total. The molecule has 0 fully saturated rings. The SMILES string of the molecule is CCOc1ccc(NC(=O)c2ccc(F)c(S(=O)(=O)NCc3ccc(C)cc3)c2)cc1. The number of ether oxygens (including phenoxy) is 1. The maximum atomic E-state index is 14.3. The lowest BCUT2D eigenvalue weighted by molar-refractivity contribution is 0.102. The van der Waals surface area contributed by atoms with Crippen LogP contribution in [0.4, 0.5) is 10.1 Å². The number of aryl methyl sites for hydroxylation is 1. The van der Waals surface area contributed by atoms with E-state index in [1.165, 1.54) is 6.07 Å². The Hall–Kier alpha value is -3.23. The molecule has 0 bridgehead atoms. The number of rotatable bonds is 8. The number of carbonyl (C=O) groups excluding carboxylic acids is 1. The van der Waals surface area contributed by atoms with Gasteiger partial charge in [0, 0.05) is 17.8 Å². The first-order valence-electron chi connectivity index (χ1n) is 9.67. The van der Waals surface area contributed by atoms with E-state index in [0.717, 1.165) is 23.3 Å². The van der Waals surface area contributed by atoms with Crippen molar-refractivity contribution in [3.63, 3.8) is 0 Å². The van der Waals surface area contributed by atoms with E-state index in [1.807, 2.05) is 26.0 Å². The topological polar surface area (TPSA) is 84.5 Å². The molecule has 0 radical (unpaired) electrons. The van der Waals surface area contributed by atoms with Crippen LogP contribution in [0.5, 0.6) is 5.75 Å². The molecule has 0 heterocycles. The summed E-state index contributed by atoms with van der Waals surface area (Å²) in [6.07, 6.45) is 0. The largest absolute Gasteiger partial charge is 0.494 e. The van der Waals surface area contributed by atoms with Gasteiger partial charge in [-0.2, -0.15) is 0 Å². The third-order valence-corrected chi connectivity index (χ3v) is 5.91. The summed E-state index contributed by atoms with van der Waals surface area (Å²) in [7, 11) is -4.16. The molecule has 3 aromatic rings. The highest BCUT2D eigenvalue weighted by Crippen LogP contribution is 2.20. The highest BCUT2D eigenvalue weighted by atomic mass is 32.2. The van der Waals surface area contributed by atoms with Crippen molar-refractivity contribution in [1.82, 2.24) is 4.72 Å². The number of hydrogen-bond acceptors (Lipinski definition) is 4. The summed E-state index contributed by atoms with van der Waals surface area (Å²) in [4.78, 5) is 12.0. The normalized spacial score (nSPS) is 11.2. The van der Waals surface area contributed by atoms with Gasteiger partial charge in [0.2, 0.25) is 10.0 Å². The summed E-state index contributed by atoms with van der Waals surface area (Å²) in [6, 6.07) is 17.2. The molecular weight excluding hydrogens is 419 g/mol. The Morgan fingerprint density at radius 1 is 1.00 bits per heavy atom. The molecule has 3 aromatic carbocycles. The Labute approximate surface area is 181 Å². The van der Waals surface area contributed by atoms with Crippen LogP contribution >= 0.6 is 0 Å². The Kier molecular flexibility index (Phi) is 7.04. The first-order valence-corrected chi connectivity index (χ1v) is 11.2. The van der Waals surface area contributed by atoms with Crippen LogP contribution in [0.2, 0.25) is 0 Å². The van der Waals surface area contributed by atoms with Gasteiger partial charge in [-0.05, 0) is 61.9 Å². The summed E-state index contributed by atoms with van der Waals surface area (Å²) < 4.78 is 47.3. The zero-order valence-electron chi connectivity index (χ0n) is 17.2. The minimum Gasteiger partial charge on any atom is -0.494 e. The van der Waals surface area contributed by atoms with Crippen molar-refractivity contribution >= 4 is 21.6 Å². The molecule has 0 aliphatic carbocycles. The summed E-state index contributed by atoms with van der Waals surface area (Å²) in [5.41, 5.74) is 2.30. The Morgan fingerprint density at radius 3 is 2.32 bits per heavy atom. The van der Waals surface area contributed by atoms with Crippen LogP contribution in [0.3, 0.4) is 0 Å². The molecule has 0 aromatic heterocycles. The Balaban J connectivity index is 1.75. The van der Waals surface area contributed by atoms with Gasteiger partial charge < -0.3 is 10.1 Å². The maximum Gasteiger partial charge on any atom is 0.255 e. The molecule has 31 heavy (non-hydrogen) atoms. The van der Waals surface area contributed by atoms with E-state index in [4.69, 9.17) is 4.74 Å². The molecule has 8 heteroatoms. The minimum absolute atomic E-state index is 0.00462. The van der Waals surface area contributed by atoms with E-state index in [0.29, 0.717) is 18.0 Å². The standard InChI is InChI=1S/C23H23FN2O4S/c1-3-30-20-11-9-19(10-12-20)26-23(27)18-8-13-21(24)22(14-18)31(28,29)25-15-17-6-4-16(2)5-7-17/h4-14,25H,3,15H2,1-2H3,(H,26,27). The molecule has 162 valence electrons. The van der Waals surface area contributed by atoms with E-state index in [2.05, 4.69) is 10.0 Å². The van der Waals surface area contributed by atoms with Crippen molar-refractivity contribution in [2.24, 2.45) is 0 Å². The van der Waals surface area contributed by atoms with Crippen LogP contribution in [0.1, 0.15) is 28.4 Å². The maximum absolute atomic E-state index is 14.3. The molecule has 0 aliphatic heterocycles. The van der Waals surface area contributed by atoms with Gasteiger partial charge in [-0.1, -0.05) is 29.8 Å².